The van der Waals surface area contributed by atoms with Gasteiger partial charge in [0.2, 0.25) is 5.91 Å². The van der Waals surface area contributed by atoms with Gasteiger partial charge in [-0.15, -0.1) is 0 Å². The van der Waals surface area contributed by atoms with E-state index < -0.39 is 6.04 Å². The highest BCUT2D eigenvalue weighted by Crippen LogP contribution is 2.30. The van der Waals surface area contributed by atoms with Crippen molar-refractivity contribution in [1.82, 2.24) is 10.2 Å². The Balaban J connectivity index is 1.65. The summed E-state index contributed by atoms with van der Waals surface area (Å²) in [5.41, 5.74) is 1.53. The summed E-state index contributed by atoms with van der Waals surface area (Å²) in [6.07, 6.45) is 1.41. The first-order valence-electron chi connectivity index (χ1n) is 9.23. The van der Waals surface area contributed by atoms with Crippen LogP contribution in [0.1, 0.15) is 18.4 Å². The largest absolute Gasteiger partial charge is 0.497 e. The van der Waals surface area contributed by atoms with Gasteiger partial charge in [-0.25, -0.2) is 4.79 Å². The topological polar surface area (TPSA) is 79.9 Å². The average Bonchev–Trinajstić information content (AvgIpc) is 3.23. The number of methoxy groups -OCH3 is 2. The van der Waals surface area contributed by atoms with E-state index in [2.05, 4.69) is 10.6 Å². The standard InChI is InChI=1S/C21H25N3O4/c1-27-16-10-11-19(28-2)17(13-16)23-20(25)18-9-6-12-24(18)21(26)22-14-15-7-4-3-5-8-15/h3-5,7-8,10-11,13,18H,6,9,12,14H2,1-2H3,(H,22,26)(H,23,25)/t18-/m0/s1. The van der Waals surface area contributed by atoms with E-state index in [1.54, 1.807) is 30.2 Å². The van der Waals surface area contributed by atoms with Crippen LogP contribution in [0.4, 0.5) is 10.5 Å². The molecule has 0 unspecified atom stereocenters. The highest BCUT2D eigenvalue weighted by molar-refractivity contribution is 5.98. The molecule has 0 aromatic heterocycles. The van der Waals surface area contributed by atoms with Gasteiger partial charge in [0.05, 0.1) is 19.9 Å². The third-order valence-corrected chi connectivity index (χ3v) is 4.77. The van der Waals surface area contributed by atoms with Crippen LogP contribution in [0.3, 0.4) is 0 Å². The molecule has 0 spiro atoms. The maximum Gasteiger partial charge on any atom is 0.318 e. The van der Waals surface area contributed by atoms with Crippen molar-refractivity contribution in [3.8, 4) is 11.5 Å². The van der Waals surface area contributed by atoms with E-state index in [4.69, 9.17) is 9.47 Å². The van der Waals surface area contributed by atoms with Crippen LogP contribution in [0.25, 0.3) is 0 Å². The van der Waals surface area contributed by atoms with Gasteiger partial charge < -0.3 is 25.0 Å². The minimum Gasteiger partial charge on any atom is -0.497 e. The minimum absolute atomic E-state index is 0.237. The van der Waals surface area contributed by atoms with Crippen molar-refractivity contribution in [2.24, 2.45) is 0 Å². The van der Waals surface area contributed by atoms with Crippen LogP contribution in [0, 0.1) is 0 Å². The van der Waals surface area contributed by atoms with Crippen LogP contribution in [0.15, 0.2) is 48.5 Å². The molecule has 2 aromatic carbocycles. The van der Waals surface area contributed by atoms with E-state index >= 15 is 0 Å². The van der Waals surface area contributed by atoms with E-state index in [1.165, 1.54) is 7.11 Å². The molecule has 2 aromatic rings. The molecule has 3 amide bonds. The smallest absolute Gasteiger partial charge is 0.318 e. The first kappa shape index (κ1) is 19.5. The number of nitrogens with one attached hydrogen (secondary N) is 2. The fourth-order valence-corrected chi connectivity index (χ4v) is 3.29. The first-order valence-corrected chi connectivity index (χ1v) is 9.23. The molecule has 1 heterocycles. The quantitative estimate of drug-likeness (QED) is 0.804. The van der Waals surface area contributed by atoms with Crippen LogP contribution in [-0.4, -0.2) is 43.6 Å². The highest BCUT2D eigenvalue weighted by Gasteiger charge is 2.34. The molecule has 7 nitrogen and oxygen atoms in total. The summed E-state index contributed by atoms with van der Waals surface area (Å²) in [5, 5.41) is 5.76. The molecular weight excluding hydrogens is 358 g/mol. The molecular formula is C21H25N3O4. The Morgan fingerprint density at radius 2 is 1.89 bits per heavy atom. The van der Waals surface area contributed by atoms with Crippen LogP contribution < -0.4 is 20.1 Å². The van der Waals surface area contributed by atoms with Gasteiger partial charge in [-0.3, -0.25) is 4.79 Å². The van der Waals surface area contributed by atoms with Gasteiger partial charge in [-0.1, -0.05) is 30.3 Å². The fraction of sp³-hybridized carbons (Fsp3) is 0.333. The van der Waals surface area contributed by atoms with Crippen LogP contribution in [-0.2, 0) is 11.3 Å². The molecule has 0 radical (unpaired) electrons. The molecule has 28 heavy (non-hydrogen) atoms. The minimum atomic E-state index is -0.522. The lowest BCUT2D eigenvalue weighted by molar-refractivity contribution is -0.119. The fourth-order valence-electron chi connectivity index (χ4n) is 3.29. The second-order valence-electron chi connectivity index (χ2n) is 6.55. The van der Waals surface area contributed by atoms with Gasteiger partial charge in [0.1, 0.15) is 17.5 Å². The Kier molecular flexibility index (Phi) is 6.37. The average molecular weight is 383 g/mol. The van der Waals surface area contributed by atoms with Crippen molar-refractivity contribution in [3.63, 3.8) is 0 Å². The van der Waals surface area contributed by atoms with E-state index in [1.807, 2.05) is 30.3 Å². The van der Waals surface area contributed by atoms with Crippen LogP contribution in [0.5, 0.6) is 11.5 Å². The number of carbonyl (C=O) groups is 2. The van der Waals surface area contributed by atoms with Crippen LogP contribution >= 0.6 is 0 Å². The number of nitrogens with zero attached hydrogens (tertiary/aromatic N) is 1. The van der Waals surface area contributed by atoms with Crippen molar-refractivity contribution in [3.05, 3.63) is 54.1 Å². The number of anilines is 1. The number of hydrogen-bond donors (Lipinski definition) is 2. The van der Waals surface area contributed by atoms with Gasteiger partial charge in [0.25, 0.3) is 0 Å². The number of amides is 3. The van der Waals surface area contributed by atoms with Crippen molar-refractivity contribution < 1.29 is 19.1 Å². The van der Waals surface area contributed by atoms with Gasteiger partial charge in [-0.2, -0.15) is 0 Å². The van der Waals surface area contributed by atoms with E-state index in [9.17, 15) is 9.59 Å². The highest BCUT2D eigenvalue weighted by atomic mass is 16.5. The van der Waals surface area contributed by atoms with Gasteiger partial charge in [0.15, 0.2) is 0 Å². The number of rotatable bonds is 6. The number of carbonyl (C=O) groups excluding carboxylic acids is 2. The number of urea groups is 1. The molecule has 0 aliphatic carbocycles. The maximum absolute atomic E-state index is 12.8. The Morgan fingerprint density at radius 1 is 1.11 bits per heavy atom. The Bertz CT molecular complexity index is 826. The zero-order valence-corrected chi connectivity index (χ0v) is 16.1. The lowest BCUT2D eigenvalue weighted by atomic mass is 10.2. The molecule has 0 bridgehead atoms. The summed E-state index contributed by atoms with van der Waals surface area (Å²) in [7, 11) is 3.10. The number of ether oxygens (including phenoxy) is 2. The first-order chi connectivity index (χ1) is 13.6. The summed E-state index contributed by atoms with van der Waals surface area (Å²) in [5.74, 6) is 0.908. The SMILES string of the molecule is COc1ccc(OC)c(NC(=O)[C@@H]2CCCN2C(=O)NCc2ccccc2)c1. The van der Waals surface area contributed by atoms with Crippen molar-refractivity contribution in [1.29, 1.82) is 0 Å². The molecule has 2 N–H and O–H groups in total. The van der Waals surface area contributed by atoms with Gasteiger partial charge in [0, 0.05) is 19.2 Å². The number of hydrogen-bond acceptors (Lipinski definition) is 4. The second kappa shape index (κ2) is 9.12. The monoisotopic (exact) mass is 383 g/mol. The summed E-state index contributed by atoms with van der Waals surface area (Å²) in [6.45, 7) is 0.974. The molecule has 1 saturated heterocycles. The summed E-state index contributed by atoms with van der Waals surface area (Å²) < 4.78 is 10.5. The lowest BCUT2D eigenvalue weighted by Gasteiger charge is -2.24. The molecule has 1 aliphatic rings. The Morgan fingerprint density at radius 3 is 2.61 bits per heavy atom. The van der Waals surface area contributed by atoms with E-state index in [0.29, 0.717) is 36.7 Å². The molecule has 7 heteroatoms. The van der Waals surface area contributed by atoms with Gasteiger partial charge >= 0.3 is 6.03 Å². The third kappa shape index (κ3) is 4.54. The normalized spacial score (nSPS) is 15.8. The molecule has 1 fully saturated rings. The van der Waals surface area contributed by atoms with Crippen molar-refractivity contribution in [2.45, 2.75) is 25.4 Å². The zero-order valence-electron chi connectivity index (χ0n) is 16.1. The van der Waals surface area contributed by atoms with Crippen LogP contribution in [0.2, 0.25) is 0 Å². The summed E-state index contributed by atoms with van der Waals surface area (Å²) in [4.78, 5) is 27.0. The van der Waals surface area contributed by atoms with E-state index in [0.717, 1.165) is 12.0 Å². The molecule has 148 valence electrons. The van der Waals surface area contributed by atoms with Crippen molar-refractivity contribution >= 4 is 17.6 Å². The Hall–Kier alpha value is -3.22. The van der Waals surface area contributed by atoms with Gasteiger partial charge in [-0.05, 0) is 30.5 Å². The maximum atomic E-state index is 12.8. The lowest BCUT2D eigenvalue weighted by Crippen LogP contribution is -2.47. The molecule has 1 atom stereocenters. The summed E-state index contributed by atoms with van der Waals surface area (Å²) in [6, 6.07) is 14.1. The number of likely N-dealkylation sites (tertiary alicyclic amines) is 1. The predicted molar refractivity (Wildman–Crippen MR) is 107 cm³/mol. The molecule has 3 rings (SSSR count). The Labute approximate surface area is 164 Å². The number of benzene rings is 2. The zero-order chi connectivity index (χ0) is 19.9. The predicted octanol–water partition coefficient (Wildman–Crippen LogP) is 3.02. The summed E-state index contributed by atoms with van der Waals surface area (Å²) >= 11 is 0. The van der Waals surface area contributed by atoms with Crippen molar-refractivity contribution in [2.75, 3.05) is 26.1 Å². The molecule has 1 aliphatic heterocycles. The van der Waals surface area contributed by atoms with E-state index in [-0.39, 0.29) is 11.9 Å². The molecule has 0 saturated carbocycles. The second-order valence-corrected chi connectivity index (χ2v) is 6.55. The third-order valence-electron chi connectivity index (χ3n) is 4.77.